The number of ether oxygens (including phenoxy) is 3. The second-order valence-electron chi connectivity index (χ2n) is 8.18. The van der Waals surface area contributed by atoms with Crippen LogP contribution in [0.5, 0.6) is 11.5 Å². The van der Waals surface area contributed by atoms with Crippen LogP contribution < -0.4 is 14.8 Å². The molecule has 1 amide bonds. The Morgan fingerprint density at radius 2 is 1.93 bits per heavy atom. The van der Waals surface area contributed by atoms with E-state index in [0.29, 0.717) is 13.2 Å². The number of nitrogens with zero attached hydrogens (tertiary/aromatic N) is 1. The Balaban J connectivity index is 1.41. The Kier molecular flexibility index (Phi) is 6.25. The third-order valence-corrected chi connectivity index (χ3v) is 6.13. The maximum Gasteiger partial charge on any atom is 0.252 e. The van der Waals surface area contributed by atoms with Crippen LogP contribution in [0.2, 0.25) is 0 Å². The molecular formula is C24H30N2O4. The normalized spacial score (nSPS) is 21.2. The summed E-state index contributed by atoms with van der Waals surface area (Å²) >= 11 is 0. The number of methoxy groups -OCH3 is 2. The SMILES string of the molecule is COCCOc1ccc(CN2CC[C@]3(CCc4ccccc4C(=O)N3)C2)cc1OC. The van der Waals surface area contributed by atoms with Gasteiger partial charge in [0.15, 0.2) is 11.5 Å². The third kappa shape index (κ3) is 4.45. The van der Waals surface area contributed by atoms with Gasteiger partial charge in [0.1, 0.15) is 6.61 Å². The molecule has 1 spiro atoms. The Labute approximate surface area is 178 Å². The Morgan fingerprint density at radius 1 is 1.07 bits per heavy atom. The molecule has 4 rings (SSSR count). The molecule has 1 atom stereocenters. The molecule has 0 aliphatic carbocycles. The molecule has 2 aliphatic heterocycles. The first-order chi connectivity index (χ1) is 14.6. The molecule has 6 heteroatoms. The van der Waals surface area contributed by atoms with Gasteiger partial charge >= 0.3 is 0 Å². The fraction of sp³-hybridized carbons (Fsp3) is 0.458. The fourth-order valence-electron chi connectivity index (χ4n) is 4.53. The number of amides is 1. The van der Waals surface area contributed by atoms with Crippen molar-refractivity contribution in [1.29, 1.82) is 0 Å². The van der Waals surface area contributed by atoms with Crippen molar-refractivity contribution in [1.82, 2.24) is 10.2 Å². The van der Waals surface area contributed by atoms with Crippen LogP contribution in [-0.4, -0.2) is 56.9 Å². The van der Waals surface area contributed by atoms with Crippen molar-refractivity contribution >= 4 is 5.91 Å². The maximum atomic E-state index is 12.8. The van der Waals surface area contributed by atoms with Gasteiger partial charge in [-0.25, -0.2) is 0 Å². The van der Waals surface area contributed by atoms with Crippen molar-refractivity contribution in [2.24, 2.45) is 0 Å². The highest BCUT2D eigenvalue weighted by atomic mass is 16.5. The zero-order valence-corrected chi connectivity index (χ0v) is 17.8. The second kappa shape index (κ2) is 9.06. The molecule has 1 N–H and O–H groups in total. The summed E-state index contributed by atoms with van der Waals surface area (Å²) in [5.41, 5.74) is 3.00. The lowest BCUT2D eigenvalue weighted by atomic mass is 9.91. The van der Waals surface area contributed by atoms with E-state index in [2.05, 4.69) is 22.3 Å². The summed E-state index contributed by atoms with van der Waals surface area (Å²) in [6.07, 6.45) is 2.88. The van der Waals surface area contributed by atoms with Gasteiger partial charge in [0, 0.05) is 32.3 Å². The van der Waals surface area contributed by atoms with Gasteiger partial charge in [-0.05, 0) is 48.6 Å². The third-order valence-electron chi connectivity index (χ3n) is 6.13. The zero-order valence-electron chi connectivity index (χ0n) is 17.8. The average Bonchev–Trinajstić information content (AvgIpc) is 3.09. The van der Waals surface area contributed by atoms with Crippen LogP contribution in [-0.2, 0) is 17.7 Å². The molecule has 2 aliphatic rings. The monoisotopic (exact) mass is 410 g/mol. The fourth-order valence-corrected chi connectivity index (χ4v) is 4.53. The van der Waals surface area contributed by atoms with Crippen molar-refractivity contribution in [3.05, 3.63) is 59.2 Å². The van der Waals surface area contributed by atoms with Gasteiger partial charge in [-0.15, -0.1) is 0 Å². The second-order valence-corrected chi connectivity index (χ2v) is 8.18. The van der Waals surface area contributed by atoms with E-state index in [0.717, 1.165) is 61.5 Å². The molecule has 0 unspecified atom stereocenters. The number of rotatable bonds is 7. The van der Waals surface area contributed by atoms with Crippen LogP contribution in [0.25, 0.3) is 0 Å². The number of carbonyl (C=O) groups is 1. The molecule has 1 saturated heterocycles. The van der Waals surface area contributed by atoms with Crippen molar-refractivity contribution in [2.75, 3.05) is 40.5 Å². The molecule has 160 valence electrons. The smallest absolute Gasteiger partial charge is 0.252 e. The van der Waals surface area contributed by atoms with E-state index in [4.69, 9.17) is 14.2 Å². The number of nitrogens with one attached hydrogen (secondary N) is 1. The van der Waals surface area contributed by atoms with E-state index >= 15 is 0 Å². The summed E-state index contributed by atoms with van der Waals surface area (Å²) in [5.74, 6) is 1.52. The summed E-state index contributed by atoms with van der Waals surface area (Å²) < 4.78 is 16.3. The lowest BCUT2D eigenvalue weighted by Gasteiger charge is -2.29. The van der Waals surface area contributed by atoms with E-state index in [1.54, 1.807) is 14.2 Å². The highest BCUT2D eigenvalue weighted by molar-refractivity contribution is 5.96. The topological polar surface area (TPSA) is 60.0 Å². The van der Waals surface area contributed by atoms with Gasteiger partial charge < -0.3 is 19.5 Å². The van der Waals surface area contributed by atoms with E-state index in [1.165, 1.54) is 5.56 Å². The number of hydrogen-bond donors (Lipinski definition) is 1. The average molecular weight is 411 g/mol. The van der Waals surface area contributed by atoms with Crippen LogP contribution in [0, 0.1) is 0 Å². The number of fused-ring (bicyclic) bond motifs is 1. The molecule has 0 bridgehead atoms. The van der Waals surface area contributed by atoms with Gasteiger partial charge in [-0.3, -0.25) is 9.69 Å². The summed E-state index contributed by atoms with van der Waals surface area (Å²) in [6.45, 7) is 3.67. The van der Waals surface area contributed by atoms with Gasteiger partial charge in [0.05, 0.1) is 19.3 Å². The van der Waals surface area contributed by atoms with Crippen LogP contribution in [0.15, 0.2) is 42.5 Å². The first-order valence-corrected chi connectivity index (χ1v) is 10.5. The van der Waals surface area contributed by atoms with E-state index < -0.39 is 0 Å². The number of hydrogen-bond acceptors (Lipinski definition) is 5. The molecule has 0 radical (unpaired) electrons. The predicted molar refractivity (Wildman–Crippen MR) is 115 cm³/mol. The molecule has 2 aromatic rings. The standard InChI is InChI=1S/C24H30N2O4/c1-28-13-14-30-21-8-7-18(15-22(21)29-2)16-26-12-11-24(17-26)10-9-19-5-3-4-6-20(19)23(27)25-24/h3-8,15H,9-14,16-17H2,1-2H3,(H,25,27)/t24-/m1/s1. The minimum Gasteiger partial charge on any atom is -0.493 e. The zero-order chi connectivity index (χ0) is 21.0. The molecule has 6 nitrogen and oxygen atoms in total. The summed E-state index contributed by atoms with van der Waals surface area (Å²) in [4.78, 5) is 15.2. The minimum atomic E-state index is -0.149. The largest absolute Gasteiger partial charge is 0.493 e. The van der Waals surface area contributed by atoms with Gasteiger partial charge in [-0.1, -0.05) is 24.3 Å². The van der Waals surface area contributed by atoms with Crippen LogP contribution in [0.4, 0.5) is 0 Å². The molecule has 0 saturated carbocycles. The number of carbonyl (C=O) groups excluding carboxylic acids is 1. The Bertz CT molecular complexity index is 901. The van der Waals surface area contributed by atoms with Gasteiger partial charge in [0.2, 0.25) is 0 Å². The molecule has 30 heavy (non-hydrogen) atoms. The first-order valence-electron chi connectivity index (χ1n) is 10.5. The summed E-state index contributed by atoms with van der Waals surface area (Å²) in [6, 6.07) is 14.0. The van der Waals surface area contributed by atoms with Crippen molar-refractivity contribution < 1.29 is 19.0 Å². The number of aryl methyl sites for hydroxylation is 1. The van der Waals surface area contributed by atoms with Crippen molar-refractivity contribution in [3.63, 3.8) is 0 Å². The van der Waals surface area contributed by atoms with E-state index in [1.807, 2.05) is 30.3 Å². The summed E-state index contributed by atoms with van der Waals surface area (Å²) in [5, 5.41) is 3.35. The number of benzene rings is 2. The predicted octanol–water partition coefficient (Wildman–Crippen LogP) is 3.04. The highest BCUT2D eigenvalue weighted by Gasteiger charge is 2.41. The quantitative estimate of drug-likeness (QED) is 0.711. The Hall–Kier alpha value is -2.57. The van der Waals surface area contributed by atoms with Crippen LogP contribution in [0.1, 0.15) is 34.3 Å². The van der Waals surface area contributed by atoms with Crippen molar-refractivity contribution in [3.8, 4) is 11.5 Å². The van der Waals surface area contributed by atoms with E-state index in [-0.39, 0.29) is 11.4 Å². The minimum absolute atomic E-state index is 0.0594. The lowest BCUT2D eigenvalue weighted by Crippen LogP contribution is -2.49. The first kappa shape index (κ1) is 20.7. The van der Waals surface area contributed by atoms with E-state index in [9.17, 15) is 4.79 Å². The Morgan fingerprint density at radius 3 is 2.77 bits per heavy atom. The molecule has 0 aromatic heterocycles. The van der Waals surface area contributed by atoms with Gasteiger partial charge in [-0.2, -0.15) is 0 Å². The molecular weight excluding hydrogens is 380 g/mol. The molecule has 1 fully saturated rings. The van der Waals surface area contributed by atoms with Crippen LogP contribution in [0.3, 0.4) is 0 Å². The lowest BCUT2D eigenvalue weighted by molar-refractivity contribution is 0.0902. The van der Waals surface area contributed by atoms with Gasteiger partial charge in [0.25, 0.3) is 5.91 Å². The number of likely N-dealkylation sites (tertiary alicyclic amines) is 1. The summed E-state index contributed by atoms with van der Waals surface area (Å²) in [7, 11) is 3.31. The van der Waals surface area contributed by atoms with Crippen molar-refractivity contribution in [2.45, 2.75) is 31.3 Å². The molecule has 2 heterocycles. The molecule has 2 aromatic carbocycles. The van der Waals surface area contributed by atoms with Crippen LogP contribution >= 0.6 is 0 Å². The highest BCUT2D eigenvalue weighted by Crippen LogP contribution is 2.33. The maximum absolute atomic E-state index is 12.8.